The Hall–Kier alpha value is -2.28. The van der Waals surface area contributed by atoms with Crippen LogP contribution < -0.4 is 5.73 Å². The molecule has 2 unspecified atom stereocenters. The van der Waals surface area contributed by atoms with Gasteiger partial charge in [-0.3, -0.25) is 0 Å². The van der Waals surface area contributed by atoms with Crippen LogP contribution in [0.4, 0.5) is 5.69 Å². The molecule has 1 aromatic carbocycles. The average molecular weight is 252 g/mol. The van der Waals surface area contributed by atoms with E-state index in [9.17, 15) is 15.0 Å². The number of aromatic carboxylic acids is 1. The van der Waals surface area contributed by atoms with Crippen molar-refractivity contribution in [2.75, 3.05) is 12.3 Å². The van der Waals surface area contributed by atoms with Crippen molar-refractivity contribution in [2.24, 2.45) is 5.11 Å². The molecule has 0 fully saturated rings. The smallest absolute Gasteiger partial charge is 0.337 e. The average Bonchev–Trinajstić information content (AvgIpc) is 2.35. The summed E-state index contributed by atoms with van der Waals surface area (Å²) < 4.78 is 0. The Labute approximate surface area is 102 Å². The highest BCUT2D eigenvalue weighted by molar-refractivity contribution is 5.94. The fourth-order valence-corrected chi connectivity index (χ4v) is 1.45. The highest BCUT2D eigenvalue weighted by atomic mass is 16.4. The summed E-state index contributed by atoms with van der Waals surface area (Å²) in [7, 11) is 0. The first-order valence-corrected chi connectivity index (χ1v) is 4.97. The molecule has 0 heterocycles. The standard InChI is InChI=1S/C10H12N4O4/c11-8-5(2-1-3-6(8)10(17)18)9(16)7(15)4-13-14-12/h1-3,7,9,15-16H,4,11H2,(H,17,18). The first kappa shape index (κ1) is 13.8. The number of aliphatic hydroxyl groups is 2. The number of anilines is 1. The lowest BCUT2D eigenvalue weighted by molar-refractivity contribution is 0.0248. The third kappa shape index (κ3) is 2.89. The summed E-state index contributed by atoms with van der Waals surface area (Å²) in [6.45, 7) is -0.339. The van der Waals surface area contributed by atoms with Crippen molar-refractivity contribution in [3.63, 3.8) is 0 Å². The minimum absolute atomic E-state index is 0.0792. The fraction of sp³-hybridized carbons (Fsp3) is 0.300. The molecule has 96 valence electrons. The molecule has 8 nitrogen and oxygen atoms in total. The highest BCUT2D eigenvalue weighted by Gasteiger charge is 2.22. The summed E-state index contributed by atoms with van der Waals surface area (Å²) in [4.78, 5) is 13.3. The number of benzene rings is 1. The van der Waals surface area contributed by atoms with Gasteiger partial charge in [0.05, 0.1) is 23.9 Å². The number of carbonyl (C=O) groups is 1. The molecule has 0 spiro atoms. The summed E-state index contributed by atoms with van der Waals surface area (Å²) >= 11 is 0. The van der Waals surface area contributed by atoms with Gasteiger partial charge in [-0.15, -0.1) is 0 Å². The maximum Gasteiger partial charge on any atom is 0.337 e. The Morgan fingerprint density at radius 3 is 2.72 bits per heavy atom. The summed E-state index contributed by atoms with van der Waals surface area (Å²) in [5.41, 5.74) is 13.5. The second kappa shape index (κ2) is 5.87. The van der Waals surface area contributed by atoms with Gasteiger partial charge in [0.25, 0.3) is 0 Å². The van der Waals surface area contributed by atoms with Gasteiger partial charge in [0.2, 0.25) is 0 Å². The second-order valence-electron chi connectivity index (χ2n) is 3.54. The van der Waals surface area contributed by atoms with Crippen LogP contribution in [-0.2, 0) is 0 Å². The largest absolute Gasteiger partial charge is 0.478 e. The van der Waals surface area contributed by atoms with Crippen molar-refractivity contribution < 1.29 is 20.1 Å². The lowest BCUT2D eigenvalue weighted by Crippen LogP contribution is -2.22. The van der Waals surface area contributed by atoms with Gasteiger partial charge in [0.1, 0.15) is 6.10 Å². The van der Waals surface area contributed by atoms with Crippen molar-refractivity contribution in [3.05, 3.63) is 39.8 Å². The number of hydrogen-bond acceptors (Lipinski definition) is 5. The predicted molar refractivity (Wildman–Crippen MR) is 62.8 cm³/mol. The topological polar surface area (TPSA) is 153 Å². The molecule has 0 bridgehead atoms. The fourth-order valence-electron chi connectivity index (χ4n) is 1.45. The molecule has 1 rings (SSSR count). The summed E-state index contributed by atoms with van der Waals surface area (Å²) in [6, 6.07) is 4.08. The van der Waals surface area contributed by atoms with Crippen LogP contribution >= 0.6 is 0 Å². The second-order valence-corrected chi connectivity index (χ2v) is 3.54. The van der Waals surface area contributed by atoms with E-state index in [1.54, 1.807) is 0 Å². The van der Waals surface area contributed by atoms with Crippen LogP contribution in [0.15, 0.2) is 23.3 Å². The number of carboxylic acids is 1. The Kier molecular flexibility index (Phi) is 4.50. The molecule has 0 radical (unpaired) electrons. The van der Waals surface area contributed by atoms with E-state index in [1.807, 2.05) is 0 Å². The van der Waals surface area contributed by atoms with E-state index in [-0.39, 0.29) is 23.4 Å². The number of azide groups is 1. The van der Waals surface area contributed by atoms with Gasteiger partial charge in [-0.25, -0.2) is 4.79 Å². The van der Waals surface area contributed by atoms with Gasteiger partial charge in [-0.05, 0) is 11.6 Å². The molecule has 5 N–H and O–H groups in total. The Morgan fingerprint density at radius 1 is 1.50 bits per heavy atom. The highest BCUT2D eigenvalue weighted by Crippen LogP contribution is 2.26. The first-order valence-electron chi connectivity index (χ1n) is 4.97. The van der Waals surface area contributed by atoms with Gasteiger partial charge in [0.15, 0.2) is 0 Å². The lowest BCUT2D eigenvalue weighted by atomic mass is 9.99. The third-order valence-corrected chi connectivity index (χ3v) is 2.39. The molecular formula is C10H12N4O4. The van der Waals surface area contributed by atoms with Crippen molar-refractivity contribution in [3.8, 4) is 0 Å². The van der Waals surface area contributed by atoms with Crippen molar-refractivity contribution >= 4 is 11.7 Å². The summed E-state index contributed by atoms with van der Waals surface area (Å²) in [5, 5.41) is 31.3. The zero-order valence-electron chi connectivity index (χ0n) is 9.26. The van der Waals surface area contributed by atoms with E-state index in [4.69, 9.17) is 16.4 Å². The molecule has 0 aromatic heterocycles. The molecule has 1 aromatic rings. The van der Waals surface area contributed by atoms with Crippen molar-refractivity contribution in [1.29, 1.82) is 0 Å². The van der Waals surface area contributed by atoms with Crippen LogP contribution in [-0.4, -0.2) is 33.9 Å². The zero-order chi connectivity index (χ0) is 13.7. The monoisotopic (exact) mass is 252 g/mol. The Morgan fingerprint density at radius 2 is 2.17 bits per heavy atom. The molecule has 0 saturated carbocycles. The van der Waals surface area contributed by atoms with Crippen LogP contribution in [0.25, 0.3) is 10.4 Å². The minimum Gasteiger partial charge on any atom is -0.478 e. The van der Waals surface area contributed by atoms with Crippen LogP contribution in [0.2, 0.25) is 0 Å². The van der Waals surface area contributed by atoms with Crippen molar-refractivity contribution in [2.45, 2.75) is 12.2 Å². The SMILES string of the molecule is [N-]=[N+]=NCC(O)C(O)c1cccc(C(=O)O)c1N. The number of rotatable bonds is 5. The van der Waals surface area contributed by atoms with Crippen molar-refractivity contribution in [1.82, 2.24) is 0 Å². The van der Waals surface area contributed by atoms with E-state index in [2.05, 4.69) is 10.0 Å². The van der Waals surface area contributed by atoms with E-state index >= 15 is 0 Å². The van der Waals surface area contributed by atoms with Crippen LogP contribution in [0, 0.1) is 0 Å². The summed E-state index contributed by atoms with van der Waals surface area (Å²) in [5.74, 6) is -1.23. The number of nitrogens with zero attached hydrogens (tertiary/aromatic N) is 3. The normalized spacial score (nSPS) is 13.4. The van der Waals surface area contributed by atoms with Gasteiger partial charge in [-0.1, -0.05) is 17.2 Å². The molecule has 0 amide bonds. The predicted octanol–water partition coefficient (Wildman–Crippen LogP) is 0.672. The van der Waals surface area contributed by atoms with Gasteiger partial charge >= 0.3 is 5.97 Å². The zero-order valence-corrected chi connectivity index (χ0v) is 9.26. The molecule has 2 atom stereocenters. The summed E-state index contributed by atoms with van der Waals surface area (Å²) in [6.07, 6.45) is -2.78. The molecule has 0 aliphatic rings. The quantitative estimate of drug-likeness (QED) is 0.262. The van der Waals surface area contributed by atoms with Gasteiger partial charge < -0.3 is 21.1 Å². The number of carboxylic acid groups (broad SMARTS) is 1. The number of para-hydroxylation sites is 1. The van der Waals surface area contributed by atoms with E-state index in [0.29, 0.717) is 0 Å². The Bertz CT molecular complexity index is 499. The van der Waals surface area contributed by atoms with Gasteiger partial charge in [-0.2, -0.15) is 0 Å². The lowest BCUT2D eigenvalue weighted by Gasteiger charge is -2.18. The van der Waals surface area contributed by atoms with Crippen LogP contribution in [0.5, 0.6) is 0 Å². The van der Waals surface area contributed by atoms with Crippen LogP contribution in [0.1, 0.15) is 22.0 Å². The molecule has 0 aliphatic carbocycles. The molecule has 18 heavy (non-hydrogen) atoms. The van der Waals surface area contributed by atoms with Crippen LogP contribution in [0.3, 0.4) is 0 Å². The number of hydrogen-bond donors (Lipinski definition) is 4. The van der Waals surface area contributed by atoms with Gasteiger partial charge in [0, 0.05) is 10.5 Å². The molecule has 0 aliphatic heterocycles. The molecule has 0 saturated heterocycles. The maximum atomic E-state index is 10.8. The van der Waals surface area contributed by atoms with E-state index in [0.717, 1.165) is 0 Å². The third-order valence-electron chi connectivity index (χ3n) is 2.39. The molecular weight excluding hydrogens is 240 g/mol. The number of nitrogen functional groups attached to an aromatic ring is 1. The number of aliphatic hydroxyl groups excluding tert-OH is 2. The van der Waals surface area contributed by atoms with E-state index in [1.165, 1.54) is 18.2 Å². The maximum absolute atomic E-state index is 10.8. The molecule has 8 heteroatoms. The Balaban J connectivity index is 3.05. The first-order chi connectivity index (χ1) is 8.49. The minimum atomic E-state index is -1.42. The number of nitrogens with two attached hydrogens (primary N) is 1. The van der Waals surface area contributed by atoms with E-state index < -0.39 is 18.2 Å².